The number of carbonyl (C=O) groups excluding carboxylic acids is 1. The first-order chi connectivity index (χ1) is 8.72. The monoisotopic (exact) mass is 246 g/mol. The van der Waals surface area contributed by atoms with E-state index < -0.39 is 0 Å². The number of fused-ring (bicyclic) bond motifs is 2. The number of hydrogen-bond donors (Lipinski definition) is 1. The van der Waals surface area contributed by atoms with Crippen molar-refractivity contribution in [2.45, 2.75) is 12.8 Å². The van der Waals surface area contributed by atoms with Crippen molar-refractivity contribution in [3.05, 3.63) is 29.6 Å². The van der Waals surface area contributed by atoms with Gasteiger partial charge in [0.15, 0.2) is 0 Å². The summed E-state index contributed by atoms with van der Waals surface area (Å²) in [6.07, 6.45) is 1.64. The van der Waals surface area contributed by atoms with Gasteiger partial charge >= 0.3 is 0 Å². The molecule has 2 fully saturated rings. The molecule has 1 aromatic rings. The minimum atomic E-state index is -0.183. The number of benzene rings is 1. The average molecular weight is 246 g/mol. The Kier molecular flexibility index (Phi) is 1.94. The van der Waals surface area contributed by atoms with E-state index in [-0.39, 0.29) is 17.1 Å². The van der Waals surface area contributed by atoms with Crippen molar-refractivity contribution in [2.24, 2.45) is 11.3 Å². The van der Waals surface area contributed by atoms with E-state index in [1.54, 1.807) is 11.0 Å². The molecule has 4 rings (SSSR count). The van der Waals surface area contributed by atoms with Gasteiger partial charge in [-0.3, -0.25) is 4.79 Å². The summed E-state index contributed by atoms with van der Waals surface area (Å²) in [7, 11) is 0. The van der Waals surface area contributed by atoms with E-state index in [0.717, 1.165) is 25.2 Å². The molecule has 0 bridgehead atoms. The first kappa shape index (κ1) is 10.5. The quantitative estimate of drug-likeness (QED) is 0.810. The number of nitrogens with one attached hydrogen (secondary N) is 1. The molecule has 4 heteroatoms. The molecule has 0 radical (unpaired) electrons. The summed E-state index contributed by atoms with van der Waals surface area (Å²) in [5.41, 5.74) is 1.31. The minimum absolute atomic E-state index is 0.173. The Morgan fingerprint density at radius 2 is 2.39 bits per heavy atom. The number of rotatable bonds is 1. The van der Waals surface area contributed by atoms with Gasteiger partial charge in [0.25, 0.3) is 0 Å². The van der Waals surface area contributed by atoms with E-state index in [9.17, 15) is 9.18 Å². The Labute approximate surface area is 105 Å². The van der Waals surface area contributed by atoms with Gasteiger partial charge < -0.3 is 10.2 Å². The van der Waals surface area contributed by atoms with Gasteiger partial charge in [0.1, 0.15) is 5.82 Å². The van der Waals surface area contributed by atoms with Crippen LogP contribution in [-0.2, 0) is 11.2 Å². The second kappa shape index (κ2) is 3.32. The fourth-order valence-corrected chi connectivity index (χ4v) is 3.54. The van der Waals surface area contributed by atoms with Crippen LogP contribution >= 0.6 is 0 Å². The number of amides is 1. The van der Waals surface area contributed by atoms with Crippen LogP contribution in [-0.4, -0.2) is 25.5 Å². The zero-order valence-corrected chi connectivity index (χ0v) is 10.1. The summed E-state index contributed by atoms with van der Waals surface area (Å²) in [4.78, 5) is 14.4. The molecule has 2 atom stereocenters. The third kappa shape index (κ3) is 1.19. The first-order valence-corrected chi connectivity index (χ1v) is 6.52. The zero-order chi connectivity index (χ0) is 12.3. The summed E-state index contributed by atoms with van der Waals surface area (Å²) < 4.78 is 13.7. The van der Waals surface area contributed by atoms with E-state index >= 15 is 0 Å². The highest BCUT2D eigenvalue weighted by atomic mass is 19.1. The van der Waals surface area contributed by atoms with Crippen molar-refractivity contribution < 1.29 is 9.18 Å². The molecular weight excluding hydrogens is 231 g/mol. The SMILES string of the molecule is O=C(N1CCc2c(F)cccc21)[C@]12CNC[C@H]1C2. The number of piperidine rings is 1. The van der Waals surface area contributed by atoms with Gasteiger partial charge in [-0.05, 0) is 37.4 Å². The lowest BCUT2D eigenvalue weighted by molar-refractivity contribution is -0.123. The van der Waals surface area contributed by atoms with Crippen molar-refractivity contribution in [3.8, 4) is 0 Å². The lowest BCUT2D eigenvalue weighted by Crippen LogP contribution is -2.38. The summed E-state index contributed by atoms with van der Waals surface area (Å²) in [6.45, 7) is 2.37. The van der Waals surface area contributed by atoms with Gasteiger partial charge in [-0.1, -0.05) is 6.07 Å². The van der Waals surface area contributed by atoms with Gasteiger partial charge in [0, 0.05) is 24.3 Å². The molecule has 1 aromatic carbocycles. The number of carbonyl (C=O) groups is 1. The molecular formula is C14H15FN2O. The number of anilines is 1. The zero-order valence-electron chi connectivity index (χ0n) is 10.1. The molecule has 1 N–H and O–H groups in total. The topological polar surface area (TPSA) is 32.3 Å². The highest BCUT2D eigenvalue weighted by molar-refractivity contribution is 6.01. The Bertz CT molecular complexity index is 545. The molecule has 3 aliphatic rings. The van der Waals surface area contributed by atoms with Gasteiger partial charge in [-0.25, -0.2) is 4.39 Å². The van der Waals surface area contributed by atoms with E-state index in [0.29, 0.717) is 24.4 Å². The van der Waals surface area contributed by atoms with Crippen LogP contribution in [0.3, 0.4) is 0 Å². The molecule has 1 saturated carbocycles. The Morgan fingerprint density at radius 3 is 3.11 bits per heavy atom. The second-order valence-electron chi connectivity index (χ2n) is 5.63. The Balaban J connectivity index is 1.69. The van der Waals surface area contributed by atoms with E-state index in [1.807, 2.05) is 6.07 Å². The van der Waals surface area contributed by atoms with Crippen LogP contribution < -0.4 is 10.2 Å². The van der Waals surface area contributed by atoms with Crippen LogP contribution in [0.4, 0.5) is 10.1 Å². The molecule has 0 spiro atoms. The van der Waals surface area contributed by atoms with Gasteiger partial charge in [0.05, 0.1) is 5.41 Å². The molecule has 2 heterocycles. The molecule has 2 aliphatic heterocycles. The van der Waals surface area contributed by atoms with E-state index in [4.69, 9.17) is 0 Å². The molecule has 1 amide bonds. The molecule has 94 valence electrons. The fourth-order valence-electron chi connectivity index (χ4n) is 3.54. The van der Waals surface area contributed by atoms with Crippen molar-refractivity contribution >= 4 is 11.6 Å². The Morgan fingerprint density at radius 1 is 1.50 bits per heavy atom. The highest BCUT2D eigenvalue weighted by Crippen LogP contribution is 2.56. The molecule has 18 heavy (non-hydrogen) atoms. The van der Waals surface area contributed by atoms with Crippen LogP contribution in [0.25, 0.3) is 0 Å². The summed E-state index contributed by atoms with van der Waals surface area (Å²) in [5.74, 6) is 0.515. The summed E-state index contributed by atoms with van der Waals surface area (Å²) in [5, 5.41) is 3.28. The second-order valence-corrected chi connectivity index (χ2v) is 5.63. The van der Waals surface area contributed by atoms with Crippen molar-refractivity contribution in [1.82, 2.24) is 5.32 Å². The lowest BCUT2D eigenvalue weighted by atomic mass is 10.0. The van der Waals surface area contributed by atoms with Gasteiger partial charge in [-0.2, -0.15) is 0 Å². The predicted molar refractivity (Wildman–Crippen MR) is 65.9 cm³/mol. The van der Waals surface area contributed by atoms with Gasteiger partial charge in [-0.15, -0.1) is 0 Å². The first-order valence-electron chi connectivity index (χ1n) is 6.52. The third-order valence-corrected chi connectivity index (χ3v) is 4.70. The van der Waals surface area contributed by atoms with Crippen molar-refractivity contribution in [3.63, 3.8) is 0 Å². The van der Waals surface area contributed by atoms with Crippen LogP contribution in [0, 0.1) is 17.2 Å². The molecule has 0 aromatic heterocycles. The standard InChI is InChI=1S/C14H15FN2O/c15-11-2-1-3-12-10(11)4-5-17(12)13(18)14-6-9(14)7-16-8-14/h1-3,9,16H,4-8H2/t9-,14-/m1/s1. The number of halogens is 1. The molecule has 0 unspecified atom stereocenters. The predicted octanol–water partition coefficient (Wildman–Crippen LogP) is 1.32. The van der Waals surface area contributed by atoms with E-state index in [1.165, 1.54) is 6.07 Å². The molecule has 1 aliphatic carbocycles. The smallest absolute Gasteiger partial charge is 0.234 e. The van der Waals surface area contributed by atoms with Crippen LogP contribution in [0.1, 0.15) is 12.0 Å². The maximum Gasteiger partial charge on any atom is 0.234 e. The van der Waals surface area contributed by atoms with Crippen LogP contribution in [0.5, 0.6) is 0 Å². The normalized spacial score (nSPS) is 32.3. The molecule has 3 nitrogen and oxygen atoms in total. The highest BCUT2D eigenvalue weighted by Gasteiger charge is 2.63. The Hall–Kier alpha value is -1.42. The van der Waals surface area contributed by atoms with E-state index in [2.05, 4.69) is 5.32 Å². The average Bonchev–Trinajstić information content (AvgIpc) is 2.77. The molecule has 1 saturated heterocycles. The summed E-state index contributed by atoms with van der Waals surface area (Å²) in [6, 6.07) is 5.02. The number of nitrogens with zero attached hydrogens (tertiary/aromatic N) is 1. The minimum Gasteiger partial charge on any atom is -0.315 e. The van der Waals surface area contributed by atoms with Crippen molar-refractivity contribution in [1.29, 1.82) is 0 Å². The number of hydrogen-bond acceptors (Lipinski definition) is 2. The lowest BCUT2D eigenvalue weighted by Gasteiger charge is -2.22. The maximum atomic E-state index is 13.7. The maximum absolute atomic E-state index is 13.7. The summed E-state index contributed by atoms with van der Waals surface area (Å²) >= 11 is 0. The van der Waals surface area contributed by atoms with Crippen LogP contribution in [0.15, 0.2) is 18.2 Å². The largest absolute Gasteiger partial charge is 0.315 e. The van der Waals surface area contributed by atoms with Gasteiger partial charge in [0.2, 0.25) is 5.91 Å². The third-order valence-electron chi connectivity index (χ3n) is 4.70. The van der Waals surface area contributed by atoms with Crippen LogP contribution in [0.2, 0.25) is 0 Å². The fraction of sp³-hybridized carbons (Fsp3) is 0.500. The van der Waals surface area contributed by atoms with Crippen molar-refractivity contribution in [2.75, 3.05) is 24.5 Å².